The molecule has 2 aromatic rings. The Hall–Kier alpha value is -1.12. The Bertz CT molecular complexity index is 498. The highest BCUT2D eigenvalue weighted by atomic mass is 35.5. The van der Waals surface area contributed by atoms with Gasteiger partial charge in [-0.05, 0) is 24.6 Å². The van der Waals surface area contributed by atoms with Crippen molar-refractivity contribution < 1.29 is 0 Å². The van der Waals surface area contributed by atoms with Crippen LogP contribution in [0.4, 0.5) is 0 Å². The van der Waals surface area contributed by atoms with Gasteiger partial charge in [-0.1, -0.05) is 23.2 Å². The maximum Gasteiger partial charge on any atom is 0.131 e. The summed E-state index contributed by atoms with van der Waals surface area (Å²) in [4.78, 5) is 8.10. The molecule has 0 saturated carbocycles. The van der Waals surface area contributed by atoms with Gasteiger partial charge in [0.1, 0.15) is 5.15 Å². The van der Waals surface area contributed by atoms with Crippen molar-refractivity contribution in [1.29, 1.82) is 0 Å². The molecule has 0 saturated heterocycles. The van der Waals surface area contributed by atoms with Crippen LogP contribution in [0.5, 0.6) is 0 Å². The minimum absolute atomic E-state index is 0.522. The summed E-state index contributed by atoms with van der Waals surface area (Å²) in [5.74, 6) is 0. The van der Waals surface area contributed by atoms with E-state index in [2.05, 4.69) is 9.97 Å². The number of hydrogen-bond acceptors (Lipinski definition) is 2. The molecule has 2 nitrogen and oxygen atoms in total. The molecular weight excluding hydrogens is 231 g/mol. The second-order valence-electron chi connectivity index (χ2n) is 3.22. The van der Waals surface area contributed by atoms with Crippen molar-refractivity contribution >= 4 is 23.2 Å². The van der Waals surface area contributed by atoms with Crippen LogP contribution in [0, 0.1) is 6.92 Å². The van der Waals surface area contributed by atoms with Crippen molar-refractivity contribution in [2.45, 2.75) is 6.92 Å². The first-order valence-corrected chi connectivity index (χ1v) is 5.15. The summed E-state index contributed by atoms with van der Waals surface area (Å²) in [6.45, 7) is 1.91. The lowest BCUT2D eigenvalue weighted by Gasteiger charge is -2.03. The summed E-state index contributed by atoms with van der Waals surface area (Å²) < 4.78 is 0. The third-order valence-electron chi connectivity index (χ3n) is 2.05. The van der Waals surface area contributed by atoms with Gasteiger partial charge in [0.2, 0.25) is 0 Å². The lowest BCUT2D eigenvalue weighted by Crippen LogP contribution is -1.85. The SMILES string of the molecule is Cc1cc(-c2cncc(Cl)c2)cnc1Cl. The van der Waals surface area contributed by atoms with E-state index in [1.807, 2.05) is 19.1 Å². The lowest BCUT2D eigenvalue weighted by atomic mass is 10.1. The summed E-state index contributed by atoms with van der Waals surface area (Å²) >= 11 is 11.7. The van der Waals surface area contributed by atoms with Gasteiger partial charge in [0, 0.05) is 29.7 Å². The molecule has 0 aromatic carbocycles. The molecule has 76 valence electrons. The highest BCUT2D eigenvalue weighted by Crippen LogP contribution is 2.23. The summed E-state index contributed by atoms with van der Waals surface area (Å²) in [6.07, 6.45) is 5.06. The number of hydrogen-bond donors (Lipinski definition) is 0. The smallest absolute Gasteiger partial charge is 0.131 e. The van der Waals surface area contributed by atoms with Crippen LogP contribution in [0.25, 0.3) is 11.1 Å². The van der Waals surface area contributed by atoms with Gasteiger partial charge in [-0.25, -0.2) is 4.98 Å². The Morgan fingerprint density at radius 3 is 2.40 bits per heavy atom. The Labute approximate surface area is 97.9 Å². The zero-order chi connectivity index (χ0) is 10.8. The second-order valence-corrected chi connectivity index (χ2v) is 4.02. The molecule has 0 aliphatic heterocycles. The zero-order valence-corrected chi connectivity index (χ0v) is 9.55. The largest absolute Gasteiger partial charge is 0.263 e. The molecule has 0 radical (unpaired) electrons. The molecule has 0 aliphatic carbocycles. The molecule has 0 amide bonds. The summed E-state index contributed by atoms with van der Waals surface area (Å²) in [6, 6.07) is 3.81. The molecule has 15 heavy (non-hydrogen) atoms. The van der Waals surface area contributed by atoms with Gasteiger partial charge in [0.25, 0.3) is 0 Å². The standard InChI is InChI=1S/C11H8Cl2N2/c1-7-2-8(5-15-11(7)13)9-3-10(12)6-14-4-9/h2-6H,1H3. The number of nitrogens with zero attached hydrogens (tertiary/aromatic N) is 2. The third-order valence-corrected chi connectivity index (χ3v) is 2.65. The first-order valence-electron chi connectivity index (χ1n) is 4.40. The predicted molar refractivity (Wildman–Crippen MR) is 62.2 cm³/mol. The molecule has 0 unspecified atom stereocenters. The van der Waals surface area contributed by atoms with Gasteiger partial charge in [-0.2, -0.15) is 0 Å². The van der Waals surface area contributed by atoms with E-state index in [0.717, 1.165) is 16.7 Å². The van der Waals surface area contributed by atoms with Crippen molar-refractivity contribution in [2.24, 2.45) is 0 Å². The third kappa shape index (κ3) is 2.28. The molecule has 4 heteroatoms. The predicted octanol–water partition coefficient (Wildman–Crippen LogP) is 3.76. The zero-order valence-electron chi connectivity index (χ0n) is 8.04. The lowest BCUT2D eigenvalue weighted by molar-refractivity contribution is 1.26. The first-order chi connectivity index (χ1) is 7.16. The van der Waals surface area contributed by atoms with Crippen LogP contribution in [0.15, 0.2) is 30.7 Å². The molecule has 0 fully saturated rings. The average molecular weight is 239 g/mol. The van der Waals surface area contributed by atoms with Gasteiger partial charge < -0.3 is 0 Å². The van der Waals surface area contributed by atoms with Crippen molar-refractivity contribution in [3.63, 3.8) is 0 Å². The Kier molecular flexibility index (Phi) is 2.89. The summed E-state index contributed by atoms with van der Waals surface area (Å²) in [5.41, 5.74) is 2.84. The van der Waals surface area contributed by atoms with E-state index in [9.17, 15) is 0 Å². The number of pyridine rings is 2. The van der Waals surface area contributed by atoms with Crippen molar-refractivity contribution in [3.05, 3.63) is 46.5 Å². The number of aromatic nitrogens is 2. The molecule has 0 aliphatic rings. The maximum absolute atomic E-state index is 5.86. The van der Waals surface area contributed by atoms with E-state index >= 15 is 0 Å². The van der Waals surface area contributed by atoms with E-state index in [4.69, 9.17) is 23.2 Å². The van der Waals surface area contributed by atoms with Crippen LogP contribution in [0.3, 0.4) is 0 Å². The van der Waals surface area contributed by atoms with Crippen LogP contribution in [-0.2, 0) is 0 Å². The van der Waals surface area contributed by atoms with E-state index in [1.54, 1.807) is 18.6 Å². The molecular formula is C11H8Cl2N2. The maximum atomic E-state index is 5.86. The van der Waals surface area contributed by atoms with E-state index in [0.29, 0.717) is 10.2 Å². The Morgan fingerprint density at radius 2 is 1.73 bits per heavy atom. The van der Waals surface area contributed by atoms with Crippen molar-refractivity contribution in [3.8, 4) is 11.1 Å². The van der Waals surface area contributed by atoms with Crippen LogP contribution < -0.4 is 0 Å². The molecule has 2 heterocycles. The van der Waals surface area contributed by atoms with Crippen LogP contribution >= 0.6 is 23.2 Å². The molecule has 0 spiro atoms. The quantitative estimate of drug-likeness (QED) is 0.708. The van der Waals surface area contributed by atoms with Gasteiger partial charge in [0.15, 0.2) is 0 Å². The monoisotopic (exact) mass is 238 g/mol. The average Bonchev–Trinajstić information content (AvgIpc) is 2.22. The number of halogens is 2. The highest BCUT2D eigenvalue weighted by Gasteiger charge is 2.02. The Balaban J connectivity index is 2.50. The molecule has 2 rings (SSSR count). The van der Waals surface area contributed by atoms with Crippen LogP contribution in [-0.4, -0.2) is 9.97 Å². The highest BCUT2D eigenvalue weighted by molar-refractivity contribution is 6.31. The molecule has 0 atom stereocenters. The molecule has 0 N–H and O–H groups in total. The van der Waals surface area contributed by atoms with Crippen LogP contribution in [0.2, 0.25) is 10.2 Å². The fourth-order valence-corrected chi connectivity index (χ4v) is 1.56. The number of aryl methyl sites for hydroxylation is 1. The van der Waals surface area contributed by atoms with Gasteiger partial charge >= 0.3 is 0 Å². The minimum atomic E-state index is 0.522. The second kappa shape index (κ2) is 4.17. The van der Waals surface area contributed by atoms with E-state index in [1.165, 1.54) is 0 Å². The fourth-order valence-electron chi connectivity index (χ4n) is 1.29. The van der Waals surface area contributed by atoms with Crippen molar-refractivity contribution in [2.75, 3.05) is 0 Å². The van der Waals surface area contributed by atoms with Crippen LogP contribution in [0.1, 0.15) is 5.56 Å². The minimum Gasteiger partial charge on any atom is -0.263 e. The summed E-state index contributed by atoms with van der Waals surface area (Å²) in [7, 11) is 0. The number of rotatable bonds is 1. The summed E-state index contributed by atoms with van der Waals surface area (Å²) in [5, 5.41) is 1.13. The topological polar surface area (TPSA) is 25.8 Å². The van der Waals surface area contributed by atoms with Gasteiger partial charge in [0.05, 0.1) is 5.02 Å². The van der Waals surface area contributed by atoms with Gasteiger partial charge in [-0.15, -0.1) is 0 Å². The Morgan fingerprint density at radius 1 is 1.00 bits per heavy atom. The molecule has 2 aromatic heterocycles. The van der Waals surface area contributed by atoms with Crippen molar-refractivity contribution in [1.82, 2.24) is 9.97 Å². The first kappa shape index (κ1) is 10.4. The van der Waals surface area contributed by atoms with E-state index < -0.39 is 0 Å². The normalized spacial score (nSPS) is 10.3. The molecule has 0 bridgehead atoms. The van der Waals surface area contributed by atoms with Gasteiger partial charge in [-0.3, -0.25) is 4.98 Å². The van der Waals surface area contributed by atoms with E-state index in [-0.39, 0.29) is 0 Å². The fraction of sp³-hybridized carbons (Fsp3) is 0.0909.